The molecule has 1 N–H and O–H groups in total. The average molecular weight is 384 g/mol. The first-order valence-corrected chi connectivity index (χ1v) is 7.09. The zero-order valence-corrected chi connectivity index (χ0v) is 13.3. The van der Waals surface area contributed by atoms with E-state index in [1.54, 1.807) is 0 Å². The van der Waals surface area contributed by atoms with Crippen molar-refractivity contribution < 1.29 is 9.18 Å². The van der Waals surface area contributed by atoms with E-state index in [0.29, 0.717) is 9.13 Å². The van der Waals surface area contributed by atoms with Crippen molar-refractivity contribution in [2.24, 2.45) is 0 Å². The van der Waals surface area contributed by atoms with Crippen molar-refractivity contribution in [1.29, 1.82) is 0 Å². The van der Waals surface area contributed by atoms with Crippen LogP contribution in [0.1, 0.15) is 10.4 Å². The molecule has 0 bridgehead atoms. The largest absolute Gasteiger partial charge is 0.376 e. The Morgan fingerprint density at radius 2 is 1.90 bits per heavy atom. The summed E-state index contributed by atoms with van der Waals surface area (Å²) in [7, 11) is 3.82. The van der Waals surface area contributed by atoms with E-state index >= 15 is 0 Å². The number of rotatable bonds is 3. The lowest BCUT2D eigenvalue weighted by molar-refractivity contribution is 0.102. The van der Waals surface area contributed by atoms with Crippen LogP contribution >= 0.6 is 22.6 Å². The van der Waals surface area contributed by atoms with Crippen LogP contribution in [0.2, 0.25) is 0 Å². The van der Waals surface area contributed by atoms with Gasteiger partial charge in [-0.1, -0.05) is 12.1 Å². The Hall–Kier alpha value is -1.63. The van der Waals surface area contributed by atoms with Gasteiger partial charge in [-0.05, 0) is 52.9 Å². The minimum atomic E-state index is -0.348. The molecular formula is C15H14FIN2O. The molecule has 0 unspecified atom stereocenters. The minimum Gasteiger partial charge on any atom is -0.376 e. The van der Waals surface area contributed by atoms with Crippen LogP contribution in [-0.4, -0.2) is 20.0 Å². The molecule has 0 heterocycles. The van der Waals surface area contributed by atoms with Crippen LogP contribution in [0, 0.1) is 9.39 Å². The third-order valence-corrected chi connectivity index (χ3v) is 3.70. The molecule has 0 saturated heterocycles. The van der Waals surface area contributed by atoms with Gasteiger partial charge >= 0.3 is 0 Å². The molecule has 0 aliphatic carbocycles. The van der Waals surface area contributed by atoms with Crippen LogP contribution in [0.3, 0.4) is 0 Å². The summed E-state index contributed by atoms with van der Waals surface area (Å²) in [4.78, 5) is 14.2. The van der Waals surface area contributed by atoms with Gasteiger partial charge in [-0.15, -0.1) is 0 Å². The first kappa shape index (κ1) is 14.8. The number of anilines is 2. The highest BCUT2D eigenvalue weighted by molar-refractivity contribution is 14.1. The van der Waals surface area contributed by atoms with Gasteiger partial charge in [0.1, 0.15) is 5.82 Å². The van der Waals surface area contributed by atoms with E-state index in [1.807, 2.05) is 65.9 Å². The lowest BCUT2D eigenvalue weighted by atomic mass is 10.2. The highest BCUT2D eigenvalue weighted by Crippen LogP contribution is 2.24. The number of carbonyl (C=O) groups is 1. The van der Waals surface area contributed by atoms with Gasteiger partial charge in [0.15, 0.2) is 0 Å². The topological polar surface area (TPSA) is 32.3 Å². The second-order valence-electron chi connectivity index (χ2n) is 4.49. The minimum absolute atomic E-state index is 0.247. The molecule has 0 radical (unpaired) electrons. The summed E-state index contributed by atoms with van der Waals surface area (Å²) in [5.74, 6) is -0.594. The van der Waals surface area contributed by atoms with Crippen molar-refractivity contribution in [3.63, 3.8) is 0 Å². The lowest BCUT2D eigenvalue weighted by Gasteiger charge is -2.18. The zero-order valence-electron chi connectivity index (χ0n) is 11.2. The van der Waals surface area contributed by atoms with Gasteiger partial charge in [-0.25, -0.2) is 4.39 Å². The predicted octanol–water partition coefficient (Wildman–Crippen LogP) is 3.75. The molecule has 104 valence electrons. The third-order valence-electron chi connectivity index (χ3n) is 2.81. The molecule has 0 atom stereocenters. The number of benzene rings is 2. The SMILES string of the molecule is CN(C)c1ccccc1NC(=O)c1ccc(F)cc1I. The second-order valence-corrected chi connectivity index (χ2v) is 5.65. The van der Waals surface area contributed by atoms with Crippen molar-refractivity contribution in [2.75, 3.05) is 24.3 Å². The van der Waals surface area contributed by atoms with Gasteiger partial charge in [-0.3, -0.25) is 4.79 Å². The van der Waals surface area contributed by atoms with Gasteiger partial charge in [0.2, 0.25) is 0 Å². The van der Waals surface area contributed by atoms with Crippen LogP contribution in [0.25, 0.3) is 0 Å². The number of hydrogen-bond acceptors (Lipinski definition) is 2. The highest BCUT2D eigenvalue weighted by Gasteiger charge is 2.13. The average Bonchev–Trinajstić information content (AvgIpc) is 2.38. The number of hydrogen-bond donors (Lipinski definition) is 1. The van der Waals surface area contributed by atoms with E-state index < -0.39 is 0 Å². The maximum absolute atomic E-state index is 13.1. The van der Waals surface area contributed by atoms with E-state index in [4.69, 9.17) is 0 Å². The standard InChI is InChI=1S/C15H14FIN2O/c1-19(2)14-6-4-3-5-13(14)18-15(20)11-8-7-10(16)9-12(11)17/h3-9H,1-2H3,(H,18,20). The van der Waals surface area contributed by atoms with E-state index in [-0.39, 0.29) is 11.7 Å². The van der Waals surface area contributed by atoms with Gasteiger partial charge in [0.05, 0.1) is 16.9 Å². The van der Waals surface area contributed by atoms with Crippen molar-refractivity contribution >= 4 is 39.9 Å². The summed E-state index contributed by atoms with van der Waals surface area (Å²) in [6, 6.07) is 11.6. The molecule has 0 saturated carbocycles. The number of para-hydroxylation sites is 2. The maximum Gasteiger partial charge on any atom is 0.256 e. The summed E-state index contributed by atoms with van der Waals surface area (Å²) >= 11 is 1.95. The number of amides is 1. The Labute approximate surface area is 130 Å². The highest BCUT2D eigenvalue weighted by atomic mass is 127. The first-order chi connectivity index (χ1) is 9.49. The molecule has 2 aromatic rings. The Morgan fingerprint density at radius 1 is 1.20 bits per heavy atom. The zero-order chi connectivity index (χ0) is 14.7. The molecular weight excluding hydrogens is 370 g/mol. The van der Waals surface area contributed by atoms with Gasteiger partial charge in [0, 0.05) is 17.7 Å². The third kappa shape index (κ3) is 3.27. The van der Waals surface area contributed by atoms with Crippen LogP contribution < -0.4 is 10.2 Å². The van der Waals surface area contributed by atoms with Gasteiger partial charge < -0.3 is 10.2 Å². The van der Waals surface area contributed by atoms with Crippen molar-refractivity contribution in [3.05, 3.63) is 57.4 Å². The number of nitrogens with one attached hydrogen (secondary N) is 1. The lowest BCUT2D eigenvalue weighted by Crippen LogP contribution is -2.17. The van der Waals surface area contributed by atoms with Crippen molar-refractivity contribution in [1.82, 2.24) is 0 Å². The van der Waals surface area contributed by atoms with Crippen LogP contribution in [0.15, 0.2) is 42.5 Å². The molecule has 0 aliphatic rings. The normalized spacial score (nSPS) is 10.2. The summed E-state index contributed by atoms with van der Waals surface area (Å²) in [5, 5.41) is 2.86. The molecule has 0 aliphatic heterocycles. The van der Waals surface area contributed by atoms with E-state index in [9.17, 15) is 9.18 Å². The molecule has 2 aromatic carbocycles. The summed E-state index contributed by atoms with van der Waals surface area (Å²) in [6.07, 6.45) is 0. The summed E-state index contributed by atoms with van der Waals surface area (Å²) < 4.78 is 13.7. The maximum atomic E-state index is 13.1. The molecule has 20 heavy (non-hydrogen) atoms. The molecule has 1 amide bonds. The molecule has 2 rings (SSSR count). The fourth-order valence-electron chi connectivity index (χ4n) is 1.83. The first-order valence-electron chi connectivity index (χ1n) is 6.02. The van der Waals surface area contributed by atoms with Gasteiger partial charge in [0.25, 0.3) is 5.91 Å². The van der Waals surface area contributed by atoms with Crippen molar-refractivity contribution in [2.45, 2.75) is 0 Å². The number of halogens is 2. The van der Waals surface area contributed by atoms with E-state index in [2.05, 4.69) is 5.32 Å². The van der Waals surface area contributed by atoms with Crippen LogP contribution in [-0.2, 0) is 0 Å². The summed E-state index contributed by atoms with van der Waals surface area (Å²) in [6.45, 7) is 0. The molecule has 5 heteroatoms. The number of carbonyl (C=O) groups excluding carboxylic acids is 1. The van der Waals surface area contributed by atoms with Crippen LogP contribution in [0.4, 0.5) is 15.8 Å². The molecule has 0 aromatic heterocycles. The quantitative estimate of drug-likeness (QED) is 0.818. The Kier molecular flexibility index (Phi) is 4.59. The monoisotopic (exact) mass is 384 g/mol. The Bertz CT molecular complexity index is 644. The smallest absolute Gasteiger partial charge is 0.256 e. The predicted molar refractivity (Wildman–Crippen MR) is 87.8 cm³/mol. The van der Waals surface area contributed by atoms with E-state index in [1.165, 1.54) is 18.2 Å². The van der Waals surface area contributed by atoms with Crippen molar-refractivity contribution in [3.8, 4) is 0 Å². The molecule has 0 spiro atoms. The number of nitrogens with zero attached hydrogens (tertiary/aromatic N) is 1. The molecule has 3 nitrogen and oxygen atoms in total. The Balaban J connectivity index is 2.28. The Morgan fingerprint density at radius 3 is 2.55 bits per heavy atom. The fraction of sp³-hybridized carbons (Fsp3) is 0.133. The van der Waals surface area contributed by atoms with Crippen LogP contribution in [0.5, 0.6) is 0 Å². The summed E-state index contributed by atoms with van der Waals surface area (Å²) in [5.41, 5.74) is 2.10. The van der Waals surface area contributed by atoms with E-state index in [0.717, 1.165) is 11.4 Å². The fourth-order valence-corrected chi connectivity index (χ4v) is 2.55. The van der Waals surface area contributed by atoms with Gasteiger partial charge in [-0.2, -0.15) is 0 Å². The molecule has 0 fully saturated rings. The second kappa shape index (κ2) is 6.21.